The largest absolute Gasteiger partial charge is 0.351 e. The van der Waals surface area contributed by atoms with Crippen LogP contribution in [0.2, 0.25) is 0 Å². The minimum absolute atomic E-state index is 0.0111. The number of benzene rings is 1. The highest BCUT2D eigenvalue weighted by Gasteiger charge is 2.27. The molecule has 1 atom stereocenters. The van der Waals surface area contributed by atoms with E-state index in [0.29, 0.717) is 18.9 Å². The zero-order valence-electron chi connectivity index (χ0n) is 15.9. The number of ketones is 1. The van der Waals surface area contributed by atoms with Crippen molar-refractivity contribution in [1.82, 2.24) is 15.1 Å². The molecule has 1 aromatic rings. The van der Waals surface area contributed by atoms with Crippen LogP contribution in [-0.4, -0.2) is 60.3 Å². The van der Waals surface area contributed by atoms with Crippen LogP contribution in [0.1, 0.15) is 45.2 Å². The molecule has 1 amide bonds. The number of carbonyl (C=O) groups excluding carboxylic acids is 2. The Labute approximate surface area is 151 Å². The van der Waals surface area contributed by atoms with Gasteiger partial charge in [0.15, 0.2) is 0 Å². The molecule has 0 radical (unpaired) electrons. The molecule has 0 aliphatic carbocycles. The number of carbonyl (C=O) groups is 2. The number of rotatable bonds is 7. The van der Waals surface area contributed by atoms with Crippen molar-refractivity contribution >= 4 is 11.7 Å². The third-order valence-corrected chi connectivity index (χ3v) is 4.67. The summed E-state index contributed by atoms with van der Waals surface area (Å²) in [6.07, 6.45) is 0.814. The van der Waals surface area contributed by atoms with Crippen molar-refractivity contribution < 1.29 is 9.59 Å². The average Bonchev–Trinajstić information content (AvgIpc) is 2.52. The van der Waals surface area contributed by atoms with Crippen molar-refractivity contribution in [1.29, 1.82) is 0 Å². The van der Waals surface area contributed by atoms with Crippen molar-refractivity contribution in [3.8, 4) is 0 Å². The molecule has 0 spiro atoms. The van der Waals surface area contributed by atoms with Gasteiger partial charge in [0.05, 0.1) is 0 Å². The van der Waals surface area contributed by atoms with Gasteiger partial charge in [-0.1, -0.05) is 30.3 Å². The van der Waals surface area contributed by atoms with Gasteiger partial charge in [0, 0.05) is 50.6 Å². The maximum atomic E-state index is 12.3. The van der Waals surface area contributed by atoms with Gasteiger partial charge in [-0.3, -0.25) is 14.5 Å². The van der Waals surface area contributed by atoms with Crippen molar-refractivity contribution in [2.45, 2.75) is 45.2 Å². The first-order valence-electron chi connectivity index (χ1n) is 9.05. The van der Waals surface area contributed by atoms with Crippen LogP contribution >= 0.6 is 0 Å². The lowest BCUT2D eigenvalue weighted by Gasteiger charge is -2.40. The maximum Gasteiger partial charge on any atom is 0.221 e. The zero-order valence-corrected chi connectivity index (χ0v) is 15.9. The Morgan fingerprint density at radius 3 is 2.52 bits per heavy atom. The lowest BCUT2D eigenvalue weighted by Crippen LogP contribution is -2.49. The van der Waals surface area contributed by atoms with Crippen LogP contribution < -0.4 is 5.32 Å². The van der Waals surface area contributed by atoms with Gasteiger partial charge in [0.2, 0.25) is 5.91 Å². The molecule has 1 fully saturated rings. The molecule has 1 aromatic carbocycles. The van der Waals surface area contributed by atoms with Crippen molar-refractivity contribution in [2.75, 3.05) is 33.2 Å². The van der Waals surface area contributed by atoms with Gasteiger partial charge in [-0.25, -0.2) is 0 Å². The van der Waals surface area contributed by atoms with E-state index in [1.165, 1.54) is 5.56 Å². The molecule has 0 aromatic heterocycles. The van der Waals surface area contributed by atoms with Crippen molar-refractivity contribution in [3.05, 3.63) is 35.9 Å². The van der Waals surface area contributed by atoms with E-state index in [9.17, 15) is 9.59 Å². The first kappa shape index (κ1) is 19.6. The van der Waals surface area contributed by atoms with Crippen LogP contribution in [0.4, 0.5) is 0 Å². The molecule has 1 saturated heterocycles. The molecule has 25 heavy (non-hydrogen) atoms. The molecule has 2 rings (SSSR count). The first-order chi connectivity index (χ1) is 11.8. The predicted octanol–water partition coefficient (Wildman–Crippen LogP) is 2.24. The minimum Gasteiger partial charge on any atom is -0.351 e. The highest BCUT2D eigenvalue weighted by molar-refractivity contribution is 5.80. The molecule has 5 nitrogen and oxygen atoms in total. The van der Waals surface area contributed by atoms with E-state index in [1.54, 1.807) is 6.92 Å². The third kappa shape index (κ3) is 6.25. The summed E-state index contributed by atoms with van der Waals surface area (Å²) in [6.45, 7) is 9.03. The second kappa shape index (κ2) is 8.59. The Balaban J connectivity index is 1.93. The number of hydrogen-bond donors (Lipinski definition) is 1. The van der Waals surface area contributed by atoms with E-state index < -0.39 is 5.54 Å². The third-order valence-electron chi connectivity index (χ3n) is 4.67. The van der Waals surface area contributed by atoms with Crippen LogP contribution in [0.5, 0.6) is 0 Å². The van der Waals surface area contributed by atoms with Crippen LogP contribution in [0.25, 0.3) is 0 Å². The SMILES string of the molecule is CC(=O)CC(C)(C)NC(=O)CCN1CCN(C)CC1c1ccccc1. The smallest absolute Gasteiger partial charge is 0.221 e. The van der Waals surface area contributed by atoms with Crippen molar-refractivity contribution in [3.63, 3.8) is 0 Å². The normalized spacial score (nSPS) is 19.6. The van der Waals surface area contributed by atoms with E-state index in [-0.39, 0.29) is 11.7 Å². The highest BCUT2D eigenvalue weighted by Crippen LogP contribution is 2.24. The van der Waals surface area contributed by atoms with Crippen LogP contribution in [0.3, 0.4) is 0 Å². The van der Waals surface area contributed by atoms with Gasteiger partial charge in [0.25, 0.3) is 0 Å². The Kier molecular flexibility index (Phi) is 6.73. The maximum absolute atomic E-state index is 12.3. The average molecular weight is 345 g/mol. The Hall–Kier alpha value is -1.72. The molecule has 0 bridgehead atoms. The molecule has 1 N–H and O–H groups in total. The predicted molar refractivity (Wildman–Crippen MR) is 100 cm³/mol. The monoisotopic (exact) mass is 345 g/mol. The molecule has 1 unspecified atom stereocenters. The summed E-state index contributed by atoms with van der Waals surface area (Å²) in [7, 11) is 2.14. The van der Waals surface area contributed by atoms with E-state index in [1.807, 2.05) is 19.9 Å². The quantitative estimate of drug-likeness (QED) is 0.823. The van der Waals surface area contributed by atoms with E-state index in [0.717, 1.165) is 26.2 Å². The summed E-state index contributed by atoms with van der Waals surface area (Å²) in [4.78, 5) is 28.4. The molecule has 1 aliphatic heterocycles. The van der Waals surface area contributed by atoms with E-state index in [2.05, 4.69) is 46.4 Å². The first-order valence-corrected chi connectivity index (χ1v) is 9.05. The molecule has 1 aliphatic rings. The number of hydrogen-bond acceptors (Lipinski definition) is 4. The molecular formula is C20H31N3O2. The summed E-state index contributed by atoms with van der Waals surface area (Å²) in [5.41, 5.74) is 0.815. The van der Waals surface area contributed by atoms with Crippen molar-refractivity contribution in [2.24, 2.45) is 0 Å². The number of Topliss-reactive ketones (excluding diaryl/α,β-unsaturated/α-hetero) is 1. The van der Waals surface area contributed by atoms with Gasteiger partial charge >= 0.3 is 0 Å². The summed E-state index contributed by atoms with van der Waals surface area (Å²) < 4.78 is 0. The molecule has 138 valence electrons. The fraction of sp³-hybridized carbons (Fsp3) is 0.600. The molecule has 5 heteroatoms. The number of likely N-dealkylation sites (N-methyl/N-ethyl adjacent to an activating group) is 1. The summed E-state index contributed by atoms with van der Waals surface area (Å²) in [5, 5.41) is 2.99. The topological polar surface area (TPSA) is 52.7 Å². The number of piperazine rings is 1. The second-order valence-corrected chi connectivity index (χ2v) is 7.79. The summed E-state index contributed by atoms with van der Waals surface area (Å²) in [6, 6.07) is 10.8. The molecular weight excluding hydrogens is 314 g/mol. The van der Waals surface area contributed by atoms with Crippen LogP contribution in [-0.2, 0) is 9.59 Å². The standard InChI is InChI=1S/C20H31N3O2/c1-16(24)14-20(2,3)21-19(25)10-11-23-13-12-22(4)15-18(23)17-8-6-5-7-9-17/h5-9,18H,10-15H2,1-4H3,(H,21,25). The minimum atomic E-state index is -0.482. The van der Waals surface area contributed by atoms with E-state index in [4.69, 9.17) is 0 Å². The van der Waals surface area contributed by atoms with Crippen LogP contribution in [0, 0.1) is 0 Å². The fourth-order valence-corrected chi connectivity index (χ4v) is 3.57. The highest BCUT2D eigenvalue weighted by atomic mass is 16.2. The molecule has 1 heterocycles. The number of nitrogens with zero attached hydrogens (tertiary/aromatic N) is 2. The number of nitrogens with one attached hydrogen (secondary N) is 1. The fourth-order valence-electron chi connectivity index (χ4n) is 3.57. The van der Waals surface area contributed by atoms with Gasteiger partial charge < -0.3 is 10.2 Å². The Morgan fingerprint density at radius 2 is 1.88 bits per heavy atom. The van der Waals surface area contributed by atoms with Gasteiger partial charge in [-0.2, -0.15) is 0 Å². The number of amides is 1. The summed E-state index contributed by atoms with van der Waals surface area (Å²) in [5.74, 6) is 0.102. The van der Waals surface area contributed by atoms with E-state index >= 15 is 0 Å². The van der Waals surface area contributed by atoms with Gasteiger partial charge in [-0.05, 0) is 33.4 Å². The second-order valence-electron chi connectivity index (χ2n) is 7.79. The van der Waals surface area contributed by atoms with Crippen LogP contribution in [0.15, 0.2) is 30.3 Å². The van der Waals surface area contributed by atoms with Gasteiger partial charge in [-0.15, -0.1) is 0 Å². The summed E-state index contributed by atoms with van der Waals surface area (Å²) >= 11 is 0. The molecule has 0 saturated carbocycles. The zero-order chi connectivity index (χ0) is 18.4. The Bertz CT molecular complexity index is 586. The Morgan fingerprint density at radius 1 is 1.20 bits per heavy atom. The lowest BCUT2D eigenvalue weighted by atomic mass is 9.98. The lowest BCUT2D eigenvalue weighted by molar-refractivity contribution is -0.124. The van der Waals surface area contributed by atoms with Gasteiger partial charge in [0.1, 0.15) is 5.78 Å².